The lowest BCUT2D eigenvalue weighted by Gasteiger charge is -2.39. The third kappa shape index (κ3) is 2.51. The fourth-order valence-corrected chi connectivity index (χ4v) is 6.12. The predicted octanol–water partition coefficient (Wildman–Crippen LogP) is 3.58. The average Bonchev–Trinajstić information content (AvgIpc) is 2.86. The van der Waals surface area contributed by atoms with Crippen LogP contribution in [0.5, 0.6) is 0 Å². The second-order valence-corrected chi connectivity index (χ2v) is 8.87. The molecule has 0 saturated carbocycles. The molecule has 2 heteroatoms. The van der Waals surface area contributed by atoms with E-state index in [1.807, 2.05) is 0 Å². The van der Waals surface area contributed by atoms with E-state index in [1.165, 1.54) is 55.3 Å². The zero-order valence-electron chi connectivity index (χ0n) is 18.2. The van der Waals surface area contributed by atoms with Gasteiger partial charge in [0.1, 0.15) is 6.21 Å². The van der Waals surface area contributed by atoms with Crippen molar-refractivity contribution in [1.82, 2.24) is 0 Å². The van der Waals surface area contributed by atoms with Gasteiger partial charge < -0.3 is 4.49 Å². The summed E-state index contributed by atoms with van der Waals surface area (Å²) in [7, 11) is 2.26. The van der Waals surface area contributed by atoms with Gasteiger partial charge in [0, 0.05) is 5.56 Å². The first-order valence-corrected chi connectivity index (χ1v) is 10.3. The number of benzene rings is 3. The summed E-state index contributed by atoms with van der Waals surface area (Å²) in [6, 6.07) is 18.3. The molecule has 0 fully saturated rings. The Morgan fingerprint density at radius 1 is 0.643 bits per heavy atom. The molecular weight excluding hydrogens is 337 g/mol. The van der Waals surface area contributed by atoms with E-state index in [4.69, 9.17) is 0 Å². The Kier molecular flexibility index (Phi) is 4.34. The topological polar surface area (TPSA) is 3.01 Å². The molecule has 0 radical (unpaired) electrons. The second-order valence-electron chi connectivity index (χ2n) is 8.87. The van der Waals surface area contributed by atoms with Crippen molar-refractivity contribution in [2.75, 3.05) is 7.05 Å². The first-order valence-electron chi connectivity index (χ1n) is 10.3. The number of nitrogens with zero attached hydrogens (tertiary/aromatic N) is 1. The van der Waals surface area contributed by atoms with E-state index in [-0.39, 0.29) is 0 Å². The fraction of sp³-hybridized carbons (Fsp3) is 0.269. The summed E-state index contributed by atoms with van der Waals surface area (Å²) in [5.74, 6) is 0. The highest BCUT2D eigenvalue weighted by molar-refractivity contribution is 7.08. The van der Waals surface area contributed by atoms with Crippen LogP contribution in [0.15, 0.2) is 48.5 Å². The van der Waals surface area contributed by atoms with E-state index in [2.05, 4.69) is 108 Å². The number of hydrogen-bond acceptors (Lipinski definition) is 0. The van der Waals surface area contributed by atoms with Gasteiger partial charge in [0.25, 0.3) is 0 Å². The van der Waals surface area contributed by atoms with Crippen molar-refractivity contribution in [2.45, 2.75) is 41.5 Å². The fourth-order valence-electron chi connectivity index (χ4n) is 6.12. The Hall–Kier alpha value is -2.61. The largest absolute Gasteiger partial charge is 0.448 e. The summed E-state index contributed by atoms with van der Waals surface area (Å²) in [5, 5.41) is 0. The van der Waals surface area contributed by atoms with Gasteiger partial charge in [-0.3, -0.25) is 0 Å². The van der Waals surface area contributed by atoms with Crippen molar-refractivity contribution in [2.24, 2.45) is 0 Å². The summed E-state index contributed by atoms with van der Waals surface area (Å²) in [6.07, 6.45) is 1.11. The van der Waals surface area contributed by atoms with Crippen LogP contribution in [-0.4, -0.2) is 24.0 Å². The predicted molar refractivity (Wildman–Crippen MR) is 124 cm³/mol. The van der Waals surface area contributed by atoms with Crippen LogP contribution in [-0.2, 0) is 0 Å². The van der Waals surface area contributed by atoms with Gasteiger partial charge in [0.15, 0.2) is 0 Å². The van der Waals surface area contributed by atoms with Gasteiger partial charge in [0.05, 0.1) is 7.05 Å². The maximum absolute atomic E-state index is 2.50. The summed E-state index contributed by atoms with van der Waals surface area (Å²) in [6.45, 7) is 13.5. The molecule has 0 saturated heterocycles. The number of rotatable bonds is 2. The molecular formula is C26H30BN. The highest BCUT2D eigenvalue weighted by atomic mass is 14.9. The first kappa shape index (κ1) is 18.7. The highest BCUT2D eigenvalue weighted by Crippen LogP contribution is 2.23. The van der Waals surface area contributed by atoms with E-state index >= 15 is 0 Å². The van der Waals surface area contributed by atoms with Crippen LogP contribution in [0.2, 0.25) is 0 Å². The van der Waals surface area contributed by atoms with E-state index in [0.717, 1.165) is 0 Å². The third-order valence-corrected chi connectivity index (χ3v) is 6.71. The molecule has 28 heavy (non-hydrogen) atoms. The molecule has 3 aromatic carbocycles. The Bertz CT molecular complexity index is 1030. The zero-order valence-corrected chi connectivity index (χ0v) is 18.2. The standard InChI is InChI=1S/C26H30BN/c1-17-12-19(3)25(20(4)13-17)27(26-21(5)14-18(2)15-22(26)6)24-11-9-8-10-23(24)16-28(27)7/h8-16H,1-7H3. The van der Waals surface area contributed by atoms with Gasteiger partial charge in [-0.05, 0) is 41.5 Å². The van der Waals surface area contributed by atoms with Crippen LogP contribution in [0.4, 0.5) is 0 Å². The summed E-state index contributed by atoms with van der Waals surface area (Å²) < 4.78 is 2.50. The van der Waals surface area contributed by atoms with E-state index in [9.17, 15) is 0 Å². The molecule has 0 atom stereocenters. The van der Waals surface area contributed by atoms with Crippen LogP contribution < -0.4 is 16.4 Å². The molecule has 3 aromatic rings. The number of hydrogen-bond donors (Lipinski definition) is 0. The van der Waals surface area contributed by atoms with Crippen molar-refractivity contribution in [3.63, 3.8) is 0 Å². The highest BCUT2D eigenvalue weighted by Gasteiger charge is 2.49. The van der Waals surface area contributed by atoms with Gasteiger partial charge in [-0.15, -0.1) is 16.4 Å². The number of fused-ring (bicyclic) bond motifs is 1. The Labute approximate surface area is 169 Å². The van der Waals surface area contributed by atoms with Crippen LogP contribution in [0.25, 0.3) is 0 Å². The molecule has 4 rings (SSSR count). The molecule has 1 aliphatic heterocycles. The van der Waals surface area contributed by atoms with Crippen molar-refractivity contribution in [1.29, 1.82) is 0 Å². The van der Waals surface area contributed by atoms with Gasteiger partial charge in [-0.2, -0.15) is 0 Å². The minimum atomic E-state index is -1.23. The quantitative estimate of drug-likeness (QED) is 0.609. The molecule has 0 spiro atoms. The molecule has 1 nitrogen and oxygen atoms in total. The van der Waals surface area contributed by atoms with E-state index in [0.29, 0.717) is 0 Å². The summed E-state index contributed by atoms with van der Waals surface area (Å²) in [4.78, 5) is 0. The molecule has 0 bridgehead atoms. The molecule has 0 unspecified atom stereocenters. The maximum Gasteiger partial charge on any atom is 0.356 e. The molecule has 142 valence electrons. The van der Waals surface area contributed by atoms with Gasteiger partial charge in [-0.1, -0.05) is 81.9 Å². The van der Waals surface area contributed by atoms with Crippen LogP contribution in [0.1, 0.15) is 38.9 Å². The van der Waals surface area contributed by atoms with Crippen molar-refractivity contribution < 1.29 is 4.49 Å². The normalized spacial score (nSPS) is 14.8. The Morgan fingerprint density at radius 2 is 1.07 bits per heavy atom. The lowest BCUT2D eigenvalue weighted by Crippen LogP contribution is -2.74. The minimum Gasteiger partial charge on any atom is -0.448 e. The van der Waals surface area contributed by atoms with Gasteiger partial charge in [-0.25, -0.2) is 0 Å². The SMILES string of the molecule is Cc1cc(C)c([B-]2(c3c(C)cc(C)cc3C)c3ccccc3C=[N+]2C)c(C)c1. The smallest absolute Gasteiger partial charge is 0.356 e. The lowest BCUT2D eigenvalue weighted by atomic mass is 9.22. The van der Waals surface area contributed by atoms with Crippen LogP contribution in [0, 0.1) is 41.5 Å². The van der Waals surface area contributed by atoms with Crippen LogP contribution >= 0.6 is 0 Å². The van der Waals surface area contributed by atoms with Crippen molar-refractivity contribution >= 4 is 28.9 Å². The van der Waals surface area contributed by atoms with E-state index in [1.54, 1.807) is 0 Å². The first-order chi connectivity index (χ1) is 13.3. The molecule has 0 aromatic heterocycles. The molecule has 0 aliphatic carbocycles. The molecule has 1 aliphatic rings. The van der Waals surface area contributed by atoms with Crippen molar-refractivity contribution in [3.8, 4) is 0 Å². The third-order valence-electron chi connectivity index (χ3n) is 6.71. The van der Waals surface area contributed by atoms with E-state index < -0.39 is 6.28 Å². The maximum atomic E-state index is 2.50. The molecule has 1 heterocycles. The monoisotopic (exact) mass is 367 g/mol. The lowest BCUT2D eigenvalue weighted by molar-refractivity contribution is -0.345. The summed E-state index contributed by atoms with van der Waals surface area (Å²) in [5.41, 5.74) is 13.9. The molecule has 0 N–H and O–H groups in total. The Morgan fingerprint density at radius 3 is 1.54 bits per heavy atom. The zero-order chi connectivity index (χ0) is 20.2. The van der Waals surface area contributed by atoms with Crippen molar-refractivity contribution in [3.05, 3.63) is 87.5 Å². The average molecular weight is 367 g/mol. The Balaban J connectivity index is 2.23. The summed E-state index contributed by atoms with van der Waals surface area (Å²) >= 11 is 0. The number of aryl methyl sites for hydroxylation is 6. The van der Waals surface area contributed by atoms with Gasteiger partial charge in [0.2, 0.25) is 0 Å². The second kappa shape index (κ2) is 6.48. The van der Waals surface area contributed by atoms with Crippen LogP contribution in [0.3, 0.4) is 0 Å². The molecule has 0 amide bonds. The van der Waals surface area contributed by atoms with Gasteiger partial charge >= 0.3 is 6.28 Å². The minimum absolute atomic E-state index is 1.23.